The summed E-state index contributed by atoms with van der Waals surface area (Å²) in [6.07, 6.45) is 0. The molecule has 9 aromatic carbocycles. The average molecular weight is 721 g/mol. The van der Waals surface area contributed by atoms with E-state index in [4.69, 9.17) is 0 Å². The van der Waals surface area contributed by atoms with Crippen LogP contribution in [-0.2, 0) is 0 Å². The van der Waals surface area contributed by atoms with Crippen molar-refractivity contribution in [1.29, 1.82) is 0 Å². The van der Waals surface area contributed by atoms with Crippen molar-refractivity contribution in [2.24, 2.45) is 0 Å². The molecule has 0 aliphatic carbocycles. The minimum atomic E-state index is -2.05. The molecule has 0 aromatic heterocycles. The van der Waals surface area contributed by atoms with Gasteiger partial charge in [0.05, 0.1) is 0 Å². The monoisotopic (exact) mass is 720 g/mol. The second kappa shape index (κ2) is 11.4. The van der Waals surface area contributed by atoms with Gasteiger partial charge in [-0.05, 0) is 121 Å². The molecule has 54 heavy (non-hydrogen) atoms. The van der Waals surface area contributed by atoms with E-state index in [9.17, 15) is 0 Å². The van der Waals surface area contributed by atoms with E-state index in [2.05, 4.69) is 196 Å². The topological polar surface area (TPSA) is 0 Å². The highest BCUT2D eigenvalue weighted by Gasteiger charge is 2.41. The maximum Gasteiger partial charge on any atom is 0.113 e. The zero-order valence-electron chi connectivity index (χ0n) is 31.2. The summed E-state index contributed by atoms with van der Waals surface area (Å²) < 4.78 is 0. The summed E-state index contributed by atoms with van der Waals surface area (Å²) in [4.78, 5) is 0. The molecule has 256 valence electrons. The lowest BCUT2D eigenvalue weighted by Crippen LogP contribution is -2.59. The minimum absolute atomic E-state index is 1.25. The molecule has 0 bridgehead atoms. The standard InChI is InChI=1S/C52H40Si2/c1-53(2)47-27-28-48-52-46(44-24-22-42(32-50(44)54(48,3)4)40-20-18-34-10-6-8-12-38(34)30-40)26-25-45(51(47)52)43-23-21-41(31-49(43)53)36-15-13-35(14-16-36)39-19-17-33-9-5-7-11-37(33)29-39/h5-32H,1-4H3. The van der Waals surface area contributed by atoms with E-state index in [1.165, 1.54) is 88.0 Å². The molecule has 9 aromatic rings. The van der Waals surface area contributed by atoms with Crippen molar-refractivity contribution in [3.05, 3.63) is 170 Å². The molecule has 0 unspecified atom stereocenters. The summed E-state index contributed by atoms with van der Waals surface area (Å²) in [6.45, 7) is 10.3. The van der Waals surface area contributed by atoms with Gasteiger partial charge in [-0.3, -0.25) is 0 Å². The fourth-order valence-corrected chi connectivity index (χ4v) is 16.0. The number of benzene rings is 9. The van der Waals surface area contributed by atoms with Crippen molar-refractivity contribution < 1.29 is 0 Å². The van der Waals surface area contributed by atoms with Gasteiger partial charge in [-0.15, -0.1) is 0 Å². The minimum Gasteiger partial charge on any atom is -0.0620 e. The number of hydrogen-bond donors (Lipinski definition) is 0. The van der Waals surface area contributed by atoms with Gasteiger partial charge in [0, 0.05) is 0 Å². The number of rotatable bonds is 3. The Morgan fingerprint density at radius 2 is 0.593 bits per heavy atom. The first-order chi connectivity index (χ1) is 26.3. The van der Waals surface area contributed by atoms with Gasteiger partial charge in [-0.1, -0.05) is 184 Å². The van der Waals surface area contributed by atoms with E-state index >= 15 is 0 Å². The van der Waals surface area contributed by atoms with Crippen molar-refractivity contribution in [1.82, 2.24) is 0 Å². The zero-order valence-corrected chi connectivity index (χ0v) is 33.2. The lowest BCUT2D eigenvalue weighted by molar-refractivity contribution is 1.58. The lowest BCUT2D eigenvalue weighted by atomic mass is 9.89. The van der Waals surface area contributed by atoms with Crippen molar-refractivity contribution >= 4 is 69.2 Å². The highest BCUT2D eigenvalue weighted by atomic mass is 28.3. The average Bonchev–Trinajstić information content (AvgIpc) is 3.21. The highest BCUT2D eigenvalue weighted by molar-refractivity contribution is 7.05. The van der Waals surface area contributed by atoms with Crippen LogP contribution >= 0.6 is 0 Å². The quantitative estimate of drug-likeness (QED) is 0.159. The van der Waals surface area contributed by atoms with E-state index in [1.54, 1.807) is 20.7 Å². The van der Waals surface area contributed by atoms with Gasteiger partial charge >= 0.3 is 0 Å². The molecule has 0 spiro atoms. The predicted octanol–water partition coefficient (Wildman–Crippen LogP) is 11.8. The Kier molecular flexibility index (Phi) is 6.66. The molecule has 0 atom stereocenters. The van der Waals surface area contributed by atoms with E-state index in [-0.39, 0.29) is 0 Å². The van der Waals surface area contributed by atoms with Gasteiger partial charge < -0.3 is 0 Å². The molecule has 2 aliphatic rings. The van der Waals surface area contributed by atoms with E-state index in [0.29, 0.717) is 0 Å². The highest BCUT2D eigenvalue weighted by Crippen LogP contribution is 2.42. The van der Waals surface area contributed by atoms with Crippen LogP contribution < -0.4 is 20.7 Å². The molecule has 2 aliphatic heterocycles. The molecule has 0 saturated carbocycles. The second-order valence-corrected chi connectivity index (χ2v) is 25.2. The first-order valence-electron chi connectivity index (χ1n) is 19.2. The molecule has 0 fully saturated rings. The van der Waals surface area contributed by atoms with Gasteiger partial charge in [0.25, 0.3) is 0 Å². The molecule has 0 nitrogen and oxygen atoms in total. The van der Waals surface area contributed by atoms with Crippen molar-refractivity contribution in [2.75, 3.05) is 0 Å². The third kappa shape index (κ3) is 4.54. The molecule has 0 saturated heterocycles. The molecule has 2 heterocycles. The fraction of sp³-hybridized carbons (Fsp3) is 0.0769. The van der Waals surface area contributed by atoms with Gasteiger partial charge in [0.15, 0.2) is 0 Å². The Bertz CT molecular complexity index is 3040. The summed E-state index contributed by atoms with van der Waals surface area (Å²) in [6, 6.07) is 64.7. The Morgan fingerprint density at radius 3 is 1.06 bits per heavy atom. The third-order valence-corrected chi connectivity index (χ3v) is 19.9. The lowest BCUT2D eigenvalue weighted by Gasteiger charge is -2.39. The Hall–Kier alpha value is -5.81. The first kappa shape index (κ1) is 31.7. The molecule has 0 N–H and O–H groups in total. The van der Waals surface area contributed by atoms with Crippen LogP contribution in [0.15, 0.2) is 170 Å². The summed E-state index contributed by atoms with van der Waals surface area (Å²) in [5.41, 5.74) is 13.4. The van der Waals surface area contributed by atoms with Crippen LogP contribution in [0.25, 0.3) is 88.0 Å². The van der Waals surface area contributed by atoms with Crippen LogP contribution in [0.2, 0.25) is 26.2 Å². The van der Waals surface area contributed by atoms with Gasteiger partial charge in [0.2, 0.25) is 0 Å². The number of hydrogen-bond acceptors (Lipinski definition) is 0. The Balaban J connectivity index is 1.01. The van der Waals surface area contributed by atoms with Crippen LogP contribution in [0.1, 0.15) is 0 Å². The summed E-state index contributed by atoms with van der Waals surface area (Å²) in [5.74, 6) is 0. The maximum absolute atomic E-state index is 2.57. The normalized spacial score (nSPS) is 14.6. The second-order valence-electron chi connectivity index (χ2n) is 16.5. The predicted molar refractivity (Wildman–Crippen MR) is 240 cm³/mol. The van der Waals surface area contributed by atoms with Gasteiger partial charge in [0.1, 0.15) is 16.1 Å². The zero-order chi connectivity index (χ0) is 36.3. The largest absolute Gasteiger partial charge is 0.113 e. The molecule has 2 heteroatoms. The Labute approximate surface area is 319 Å². The van der Waals surface area contributed by atoms with E-state index in [0.717, 1.165) is 0 Å². The van der Waals surface area contributed by atoms with Gasteiger partial charge in [-0.25, -0.2) is 0 Å². The van der Waals surface area contributed by atoms with Crippen LogP contribution in [0, 0.1) is 0 Å². The van der Waals surface area contributed by atoms with Crippen LogP contribution in [0.5, 0.6) is 0 Å². The van der Waals surface area contributed by atoms with Crippen molar-refractivity contribution in [3.63, 3.8) is 0 Å². The van der Waals surface area contributed by atoms with Crippen LogP contribution in [0.3, 0.4) is 0 Å². The van der Waals surface area contributed by atoms with E-state index < -0.39 is 16.1 Å². The van der Waals surface area contributed by atoms with E-state index in [1.807, 2.05) is 0 Å². The third-order valence-electron chi connectivity index (χ3n) is 12.9. The molecule has 0 amide bonds. The molecule has 0 radical (unpaired) electrons. The summed E-state index contributed by atoms with van der Waals surface area (Å²) in [7, 11) is -4.08. The molecular weight excluding hydrogens is 681 g/mol. The Morgan fingerprint density at radius 1 is 0.259 bits per heavy atom. The summed E-state index contributed by atoms with van der Waals surface area (Å²) in [5, 5.41) is 14.4. The van der Waals surface area contributed by atoms with Crippen LogP contribution in [0.4, 0.5) is 0 Å². The van der Waals surface area contributed by atoms with Crippen molar-refractivity contribution in [3.8, 4) is 55.6 Å². The van der Waals surface area contributed by atoms with Gasteiger partial charge in [-0.2, -0.15) is 0 Å². The molecule has 11 rings (SSSR count). The SMILES string of the molecule is C[Si]1(C)c2cc(-c3ccc(-c4ccc5ccccc5c4)cc3)ccc2-c2ccc3c4c(ccc1c24)[Si](C)(C)c1cc(-c2ccc4ccccc4c2)ccc1-3. The first-order valence-corrected chi connectivity index (χ1v) is 25.2. The fourth-order valence-electron chi connectivity index (χ4n) is 9.82. The van der Waals surface area contributed by atoms with Crippen LogP contribution in [-0.4, -0.2) is 16.1 Å². The number of fused-ring (bicyclic) bond motifs is 6. The smallest absolute Gasteiger partial charge is 0.0620 e. The summed E-state index contributed by atoms with van der Waals surface area (Å²) >= 11 is 0. The maximum atomic E-state index is 2.57. The molecular formula is C52H40Si2. The van der Waals surface area contributed by atoms with Crippen molar-refractivity contribution in [2.45, 2.75) is 26.2 Å².